The van der Waals surface area contributed by atoms with Crippen LogP contribution >= 0.6 is 0 Å². The molecule has 0 aromatic heterocycles. The van der Waals surface area contributed by atoms with Gasteiger partial charge in [-0.1, -0.05) is 30.3 Å². The zero-order chi connectivity index (χ0) is 14.3. The van der Waals surface area contributed by atoms with Crippen LogP contribution in [0.2, 0.25) is 0 Å². The third-order valence-electron chi connectivity index (χ3n) is 2.45. The maximum atomic E-state index is 11.7. The molecule has 0 fully saturated rings. The van der Waals surface area contributed by atoms with Crippen molar-refractivity contribution in [2.45, 2.75) is 19.0 Å². The van der Waals surface area contributed by atoms with Gasteiger partial charge in [-0.05, 0) is 12.5 Å². The summed E-state index contributed by atoms with van der Waals surface area (Å²) in [4.78, 5) is 22.9. The Bertz CT molecular complexity index is 422. The van der Waals surface area contributed by atoms with Gasteiger partial charge < -0.3 is 20.5 Å². The Morgan fingerprint density at radius 3 is 2.42 bits per heavy atom. The largest absolute Gasteiger partial charge is 0.479 e. The van der Waals surface area contributed by atoms with Crippen molar-refractivity contribution in [3.8, 4) is 0 Å². The highest BCUT2D eigenvalue weighted by molar-refractivity contribution is 5.83. The van der Waals surface area contributed by atoms with Crippen LogP contribution in [0.5, 0.6) is 0 Å². The number of urea groups is 1. The number of methoxy groups -OCH3 is 1. The molecule has 0 bridgehead atoms. The van der Waals surface area contributed by atoms with Crippen molar-refractivity contribution in [3.05, 3.63) is 35.9 Å². The summed E-state index contributed by atoms with van der Waals surface area (Å²) in [6.07, 6.45) is 0. The number of carbonyl (C=O) groups excluding carboxylic acids is 1. The molecule has 0 aliphatic rings. The van der Waals surface area contributed by atoms with Gasteiger partial charge in [0, 0.05) is 7.11 Å². The van der Waals surface area contributed by atoms with E-state index in [-0.39, 0.29) is 6.04 Å². The lowest BCUT2D eigenvalue weighted by atomic mass is 10.1. The van der Waals surface area contributed by atoms with E-state index in [1.165, 1.54) is 7.11 Å². The van der Waals surface area contributed by atoms with Crippen LogP contribution < -0.4 is 10.6 Å². The van der Waals surface area contributed by atoms with E-state index in [1.54, 1.807) is 37.3 Å². The van der Waals surface area contributed by atoms with Gasteiger partial charge in [-0.25, -0.2) is 9.59 Å². The van der Waals surface area contributed by atoms with Crippen LogP contribution in [0.1, 0.15) is 18.5 Å². The molecule has 0 aliphatic carbocycles. The van der Waals surface area contributed by atoms with Crippen LogP contribution in [0.25, 0.3) is 0 Å². The molecule has 1 aromatic rings. The first-order valence-corrected chi connectivity index (χ1v) is 5.88. The molecule has 0 heterocycles. The number of rotatable bonds is 6. The highest BCUT2D eigenvalue weighted by Gasteiger charge is 2.22. The van der Waals surface area contributed by atoms with Crippen molar-refractivity contribution in [1.29, 1.82) is 0 Å². The van der Waals surface area contributed by atoms with E-state index in [0.29, 0.717) is 12.2 Å². The summed E-state index contributed by atoms with van der Waals surface area (Å²) in [5, 5.41) is 14.2. The molecular formula is C13H18N2O4. The fourth-order valence-electron chi connectivity index (χ4n) is 1.62. The van der Waals surface area contributed by atoms with Crippen LogP contribution in [0, 0.1) is 0 Å². The maximum Gasteiger partial charge on any atom is 0.330 e. The van der Waals surface area contributed by atoms with Gasteiger partial charge in [-0.2, -0.15) is 0 Å². The second kappa shape index (κ2) is 7.38. The van der Waals surface area contributed by atoms with E-state index >= 15 is 0 Å². The number of nitrogens with one attached hydrogen (secondary N) is 2. The van der Waals surface area contributed by atoms with Crippen molar-refractivity contribution >= 4 is 12.0 Å². The number of ether oxygens (including phenoxy) is 1. The minimum atomic E-state index is -1.11. The van der Waals surface area contributed by atoms with Crippen molar-refractivity contribution in [2.75, 3.05) is 13.7 Å². The molecule has 3 N–H and O–H groups in total. The predicted molar refractivity (Wildman–Crippen MR) is 69.8 cm³/mol. The summed E-state index contributed by atoms with van der Waals surface area (Å²) in [6.45, 7) is 2.12. The first kappa shape index (κ1) is 15.0. The van der Waals surface area contributed by atoms with Crippen molar-refractivity contribution < 1.29 is 19.4 Å². The molecule has 1 aromatic carbocycles. The van der Waals surface area contributed by atoms with Crippen LogP contribution in [0.3, 0.4) is 0 Å². The van der Waals surface area contributed by atoms with Gasteiger partial charge >= 0.3 is 12.0 Å². The molecule has 0 radical (unpaired) electrons. The Labute approximate surface area is 111 Å². The standard InChI is InChI=1S/C13H18N2O4/c1-9(8-19-2)14-13(18)15-11(12(16)17)10-6-4-3-5-7-10/h3-7,9,11H,8H2,1-2H3,(H,16,17)(H2,14,15,18). The minimum absolute atomic E-state index is 0.199. The molecule has 0 saturated heterocycles. The fourth-order valence-corrected chi connectivity index (χ4v) is 1.62. The average molecular weight is 266 g/mol. The third-order valence-corrected chi connectivity index (χ3v) is 2.45. The number of benzene rings is 1. The summed E-state index contributed by atoms with van der Waals surface area (Å²) < 4.78 is 4.88. The number of amides is 2. The Morgan fingerprint density at radius 1 is 1.26 bits per heavy atom. The monoisotopic (exact) mass is 266 g/mol. The number of carboxylic acid groups (broad SMARTS) is 1. The first-order valence-electron chi connectivity index (χ1n) is 5.88. The molecule has 2 amide bonds. The average Bonchev–Trinajstić information content (AvgIpc) is 2.37. The molecule has 0 aliphatic heterocycles. The van der Waals surface area contributed by atoms with Gasteiger partial charge in [0.15, 0.2) is 6.04 Å². The van der Waals surface area contributed by atoms with E-state index < -0.39 is 18.0 Å². The number of hydrogen-bond donors (Lipinski definition) is 3. The quantitative estimate of drug-likeness (QED) is 0.720. The highest BCUT2D eigenvalue weighted by atomic mass is 16.5. The van der Waals surface area contributed by atoms with Gasteiger partial charge in [0.2, 0.25) is 0 Å². The lowest BCUT2D eigenvalue weighted by molar-refractivity contribution is -0.139. The zero-order valence-electron chi connectivity index (χ0n) is 10.9. The van der Waals surface area contributed by atoms with Gasteiger partial charge in [-0.3, -0.25) is 0 Å². The lowest BCUT2D eigenvalue weighted by Crippen LogP contribution is -2.45. The lowest BCUT2D eigenvalue weighted by Gasteiger charge is -2.18. The molecule has 1 rings (SSSR count). The van der Waals surface area contributed by atoms with Crippen LogP contribution in [0.4, 0.5) is 4.79 Å². The molecule has 2 unspecified atom stereocenters. The minimum Gasteiger partial charge on any atom is -0.479 e. The second-order valence-corrected chi connectivity index (χ2v) is 4.16. The highest BCUT2D eigenvalue weighted by Crippen LogP contribution is 2.12. The van der Waals surface area contributed by atoms with Gasteiger partial charge in [-0.15, -0.1) is 0 Å². The molecule has 0 spiro atoms. The Hall–Kier alpha value is -2.08. The second-order valence-electron chi connectivity index (χ2n) is 4.16. The van der Waals surface area contributed by atoms with Gasteiger partial charge in [0.25, 0.3) is 0 Å². The van der Waals surface area contributed by atoms with Crippen LogP contribution in [0.15, 0.2) is 30.3 Å². The summed E-state index contributed by atoms with van der Waals surface area (Å²) in [5.41, 5.74) is 0.518. The van der Waals surface area contributed by atoms with E-state index in [0.717, 1.165) is 0 Å². The van der Waals surface area contributed by atoms with Gasteiger partial charge in [0.1, 0.15) is 0 Å². The van der Waals surface area contributed by atoms with Crippen LogP contribution in [-0.4, -0.2) is 36.9 Å². The first-order chi connectivity index (χ1) is 9.04. The maximum absolute atomic E-state index is 11.7. The smallest absolute Gasteiger partial charge is 0.330 e. The number of aliphatic carboxylic acids is 1. The topological polar surface area (TPSA) is 87.7 Å². The third kappa shape index (κ3) is 4.97. The fraction of sp³-hybridized carbons (Fsp3) is 0.385. The van der Waals surface area contributed by atoms with E-state index in [9.17, 15) is 9.59 Å². The van der Waals surface area contributed by atoms with Crippen molar-refractivity contribution in [1.82, 2.24) is 10.6 Å². The zero-order valence-corrected chi connectivity index (χ0v) is 10.9. The number of hydrogen-bond acceptors (Lipinski definition) is 3. The molecule has 104 valence electrons. The normalized spacial score (nSPS) is 13.4. The van der Waals surface area contributed by atoms with Crippen molar-refractivity contribution in [2.24, 2.45) is 0 Å². The molecule has 19 heavy (non-hydrogen) atoms. The number of carboxylic acids is 1. The van der Waals surface area contributed by atoms with Crippen molar-refractivity contribution in [3.63, 3.8) is 0 Å². The molecule has 2 atom stereocenters. The SMILES string of the molecule is COCC(C)NC(=O)NC(C(=O)O)c1ccccc1. The van der Waals surface area contributed by atoms with E-state index in [2.05, 4.69) is 10.6 Å². The summed E-state index contributed by atoms with van der Waals surface area (Å²) >= 11 is 0. The summed E-state index contributed by atoms with van der Waals surface area (Å²) in [7, 11) is 1.53. The molecule has 6 heteroatoms. The molecule has 0 saturated carbocycles. The number of carbonyl (C=O) groups is 2. The van der Waals surface area contributed by atoms with Gasteiger partial charge in [0.05, 0.1) is 12.6 Å². The Balaban J connectivity index is 2.65. The molecular weight excluding hydrogens is 248 g/mol. The van der Waals surface area contributed by atoms with E-state index in [1.807, 2.05) is 0 Å². The summed E-state index contributed by atoms with van der Waals surface area (Å²) in [5.74, 6) is -1.11. The molecule has 6 nitrogen and oxygen atoms in total. The van der Waals surface area contributed by atoms with Crippen LogP contribution in [-0.2, 0) is 9.53 Å². The Kier molecular flexibility index (Phi) is 5.81. The van der Waals surface area contributed by atoms with E-state index in [4.69, 9.17) is 9.84 Å². The Morgan fingerprint density at radius 2 is 1.89 bits per heavy atom. The predicted octanol–water partition coefficient (Wildman–Crippen LogP) is 1.15. The summed E-state index contributed by atoms with van der Waals surface area (Å²) in [6, 6.07) is 6.71.